The fraction of sp³-hybridized carbons (Fsp3) is 0. The molecule has 0 aliphatic carbocycles. The van der Waals surface area contributed by atoms with Gasteiger partial charge in [-0.3, -0.25) is 4.98 Å². The van der Waals surface area contributed by atoms with Crippen LogP contribution in [0.4, 0.5) is 0 Å². The Labute approximate surface area is 125 Å². The molecule has 2 aromatic heterocycles. The first-order valence-electron chi connectivity index (χ1n) is 3.42. The summed E-state index contributed by atoms with van der Waals surface area (Å²) in [5, 5.41) is 2.06. The van der Waals surface area contributed by atoms with Crippen LogP contribution in [-0.4, -0.2) is 28.0 Å². The normalized spacial score (nSPS) is 7.71. The van der Waals surface area contributed by atoms with Crippen molar-refractivity contribution in [3.8, 4) is 10.6 Å². The molecule has 0 aromatic carbocycles. The van der Waals surface area contributed by atoms with Gasteiger partial charge in [-0.05, 0) is 23.6 Å². The van der Waals surface area contributed by atoms with Crippen molar-refractivity contribution in [2.24, 2.45) is 0 Å². The number of thiophene rings is 1. The minimum absolute atomic E-state index is 0. The molecular formula is C9H7Br2MgNS. The Hall–Kier alpha value is 0.576. The second-order valence-corrected chi connectivity index (χ2v) is 3.14. The van der Waals surface area contributed by atoms with Gasteiger partial charge in [0.2, 0.25) is 0 Å². The standard InChI is InChI=1S/C9H7NS.2BrH.Mg/c1-2-6-10-8(4-1)9-5-3-7-11-9;;;/h1-7H;2*1H;/q;;;+2/p-2. The molecule has 0 spiro atoms. The molecule has 0 bridgehead atoms. The van der Waals surface area contributed by atoms with Crippen LogP contribution in [0.1, 0.15) is 0 Å². The van der Waals surface area contributed by atoms with Gasteiger partial charge in [0.15, 0.2) is 0 Å². The molecule has 0 N–H and O–H groups in total. The number of rotatable bonds is 1. The van der Waals surface area contributed by atoms with E-state index < -0.39 is 0 Å². The molecular weight excluding hydrogens is 338 g/mol. The van der Waals surface area contributed by atoms with E-state index in [1.807, 2.05) is 30.5 Å². The molecule has 70 valence electrons. The van der Waals surface area contributed by atoms with E-state index in [0.29, 0.717) is 0 Å². The van der Waals surface area contributed by atoms with E-state index in [1.165, 1.54) is 4.88 Å². The number of nitrogens with zero attached hydrogens (tertiary/aromatic N) is 1. The molecule has 2 aromatic rings. The Balaban J connectivity index is 0. The van der Waals surface area contributed by atoms with Gasteiger partial charge in [0.1, 0.15) is 0 Å². The first-order valence-corrected chi connectivity index (χ1v) is 4.30. The van der Waals surface area contributed by atoms with Crippen molar-refractivity contribution in [2.45, 2.75) is 0 Å². The topological polar surface area (TPSA) is 12.9 Å². The van der Waals surface area contributed by atoms with Gasteiger partial charge >= 0.3 is 23.1 Å². The fourth-order valence-corrected chi connectivity index (χ4v) is 1.64. The van der Waals surface area contributed by atoms with Crippen LogP contribution in [0.15, 0.2) is 41.9 Å². The minimum atomic E-state index is 0. The van der Waals surface area contributed by atoms with Crippen LogP contribution in [0.5, 0.6) is 0 Å². The predicted molar refractivity (Wildman–Crippen MR) is 53.3 cm³/mol. The van der Waals surface area contributed by atoms with Crippen molar-refractivity contribution >= 4 is 34.4 Å². The summed E-state index contributed by atoms with van der Waals surface area (Å²) >= 11 is 1.71. The molecule has 0 aliphatic rings. The van der Waals surface area contributed by atoms with Crippen LogP contribution in [0, 0.1) is 0 Å². The second kappa shape index (κ2) is 8.85. The third-order valence-electron chi connectivity index (χ3n) is 1.44. The van der Waals surface area contributed by atoms with Crippen molar-refractivity contribution in [2.75, 3.05) is 0 Å². The first-order chi connectivity index (χ1) is 5.47. The Morgan fingerprint density at radius 1 is 1.00 bits per heavy atom. The molecule has 1 nitrogen and oxygen atoms in total. The van der Waals surface area contributed by atoms with Crippen LogP contribution in [-0.2, 0) is 0 Å². The monoisotopic (exact) mass is 343 g/mol. The van der Waals surface area contributed by atoms with Gasteiger partial charge in [-0.15, -0.1) is 11.3 Å². The summed E-state index contributed by atoms with van der Waals surface area (Å²) in [5.41, 5.74) is 1.06. The first kappa shape index (κ1) is 17.0. The van der Waals surface area contributed by atoms with Crippen molar-refractivity contribution in [1.82, 2.24) is 4.98 Å². The minimum Gasteiger partial charge on any atom is -1.00 e. The van der Waals surface area contributed by atoms with Gasteiger partial charge in [-0.25, -0.2) is 0 Å². The average Bonchev–Trinajstić information content (AvgIpc) is 2.58. The van der Waals surface area contributed by atoms with E-state index >= 15 is 0 Å². The van der Waals surface area contributed by atoms with Crippen molar-refractivity contribution in [3.05, 3.63) is 41.9 Å². The zero-order chi connectivity index (χ0) is 7.52. The molecule has 0 aliphatic heterocycles. The Bertz CT molecular complexity index is 326. The van der Waals surface area contributed by atoms with Crippen LogP contribution in [0.3, 0.4) is 0 Å². The van der Waals surface area contributed by atoms with Gasteiger partial charge in [-0.2, -0.15) is 0 Å². The van der Waals surface area contributed by atoms with Gasteiger partial charge < -0.3 is 34.0 Å². The summed E-state index contributed by atoms with van der Waals surface area (Å²) in [6.07, 6.45) is 1.81. The van der Waals surface area contributed by atoms with Gasteiger partial charge in [-0.1, -0.05) is 12.1 Å². The molecule has 2 rings (SSSR count). The number of aromatic nitrogens is 1. The van der Waals surface area contributed by atoms with Crippen molar-refractivity contribution in [3.63, 3.8) is 0 Å². The molecule has 2 heterocycles. The maximum absolute atomic E-state index is 4.23. The van der Waals surface area contributed by atoms with Crippen molar-refractivity contribution in [1.29, 1.82) is 0 Å². The number of hydrogen-bond acceptors (Lipinski definition) is 2. The van der Waals surface area contributed by atoms with E-state index in [9.17, 15) is 0 Å². The van der Waals surface area contributed by atoms with E-state index in [-0.39, 0.29) is 57.0 Å². The van der Waals surface area contributed by atoms with E-state index in [4.69, 9.17) is 0 Å². The number of hydrogen-bond donors (Lipinski definition) is 0. The smallest absolute Gasteiger partial charge is 1.00 e. The summed E-state index contributed by atoms with van der Waals surface area (Å²) < 4.78 is 0. The Morgan fingerprint density at radius 3 is 2.29 bits per heavy atom. The van der Waals surface area contributed by atoms with Crippen LogP contribution in [0.25, 0.3) is 10.6 Å². The summed E-state index contributed by atoms with van der Waals surface area (Å²) in [7, 11) is 0. The third-order valence-corrected chi connectivity index (χ3v) is 2.33. The zero-order valence-electron chi connectivity index (χ0n) is 7.36. The van der Waals surface area contributed by atoms with Crippen LogP contribution in [0.2, 0.25) is 0 Å². The molecule has 0 saturated heterocycles. The third kappa shape index (κ3) is 4.40. The summed E-state index contributed by atoms with van der Waals surface area (Å²) in [4.78, 5) is 5.46. The van der Waals surface area contributed by atoms with Crippen LogP contribution < -0.4 is 34.0 Å². The second-order valence-electron chi connectivity index (χ2n) is 2.19. The predicted octanol–water partition coefficient (Wildman–Crippen LogP) is -3.56. The molecule has 14 heavy (non-hydrogen) atoms. The van der Waals surface area contributed by atoms with E-state index in [1.54, 1.807) is 11.3 Å². The van der Waals surface area contributed by atoms with Crippen molar-refractivity contribution < 1.29 is 34.0 Å². The molecule has 0 radical (unpaired) electrons. The fourth-order valence-electron chi connectivity index (χ4n) is 0.933. The Kier molecular flexibility index (Phi) is 10.7. The SMILES string of the molecule is [Br-].[Br-].[Mg+2].c1ccc(-c2cccs2)nc1. The number of pyridine rings is 1. The molecule has 5 heteroatoms. The summed E-state index contributed by atoms with van der Waals surface area (Å²) in [6, 6.07) is 10.1. The molecule has 0 fully saturated rings. The average molecular weight is 345 g/mol. The zero-order valence-corrected chi connectivity index (χ0v) is 12.8. The van der Waals surface area contributed by atoms with Crippen LogP contribution >= 0.6 is 11.3 Å². The van der Waals surface area contributed by atoms with Gasteiger partial charge in [0.25, 0.3) is 0 Å². The summed E-state index contributed by atoms with van der Waals surface area (Å²) in [6.45, 7) is 0. The molecule has 0 atom stereocenters. The quantitative estimate of drug-likeness (QED) is 0.488. The van der Waals surface area contributed by atoms with Gasteiger partial charge in [0, 0.05) is 6.20 Å². The molecule has 0 amide bonds. The number of halogens is 2. The maximum Gasteiger partial charge on any atom is 2.00 e. The Morgan fingerprint density at radius 2 is 1.79 bits per heavy atom. The van der Waals surface area contributed by atoms with E-state index in [2.05, 4.69) is 16.4 Å². The summed E-state index contributed by atoms with van der Waals surface area (Å²) in [5.74, 6) is 0. The van der Waals surface area contributed by atoms with E-state index in [0.717, 1.165) is 5.69 Å². The van der Waals surface area contributed by atoms with Gasteiger partial charge in [0.05, 0.1) is 10.6 Å². The largest absolute Gasteiger partial charge is 2.00 e. The molecule has 0 unspecified atom stereocenters. The molecule has 0 saturated carbocycles. The maximum atomic E-state index is 4.23.